The van der Waals surface area contributed by atoms with E-state index in [0.29, 0.717) is 29.2 Å². The normalized spacial score (nSPS) is 17.3. The molecule has 1 fully saturated rings. The van der Waals surface area contributed by atoms with Crippen molar-refractivity contribution in [2.45, 2.75) is 51.7 Å². The van der Waals surface area contributed by atoms with Gasteiger partial charge in [0, 0.05) is 23.8 Å². The van der Waals surface area contributed by atoms with E-state index >= 15 is 0 Å². The molecule has 2 heterocycles. The number of aliphatic hydroxyl groups is 1. The van der Waals surface area contributed by atoms with E-state index < -0.39 is 12.4 Å². The van der Waals surface area contributed by atoms with Crippen molar-refractivity contribution in [3.63, 3.8) is 0 Å². The van der Waals surface area contributed by atoms with Crippen LogP contribution in [0, 0.1) is 18.7 Å². The lowest BCUT2D eigenvalue weighted by atomic mass is 9.85. The number of hydrogen-bond acceptors (Lipinski definition) is 8. The van der Waals surface area contributed by atoms with Gasteiger partial charge in [-0.3, -0.25) is 9.59 Å². The highest BCUT2D eigenvalue weighted by Gasteiger charge is 2.24. The van der Waals surface area contributed by atoms with Crippen LogP contribution in [0.2, 0.25) is 0 Å². The number of amides is 2. The Morgan fingerprint density at radius 1 is 1.24 bits per heavy atom. The molecular formula is C25H30FN7O4. The molecule has 196 valence electrons. The Labute approximate surface area is 213 Å². The van der Waals surface area contributed by atoms with Crippen molar-refractivity contribution in [2.75, 3.05) is 13.7 Å². The summed E-state index contributed by atoms with van der Waals surface area (Å²) in [5.74, 6) is -0.472. The molecule has 0 spiro atoms. The number of halogens is 1. The summed E-state index contributed by atoms with van der Waals surface area (Å²) in [6, 6.07) is 7.81. The number of carbonyl (C=O) groups is 2. The molecule has 12 heteroatoms. The van der Waals surface area contributed by atoms with Crippen LogP contribution in [0.15, 0.2) is 30.3 Å². The highest BCUT2D eigenvalue weighted by molar-refractivity contribution is 5.93. The van der Waals surface area contributed by atoms with Crippen molar-refractivity contribution >= 4 is 11.8 Å². The number of nitrogens with zero attached hydrogens (tertiary/aromatic N) is 5. The lowest BCUT2D eigenvalue weighted by molar-refractivity contribution is -0.124. The van der Waals surface area contributed by atoms with Crippen molar-refractivity contribution in [3.05, 3.63) is 53.1 Å². The Hall–Kier alpha value is -3.93. The van der Waals surface area contributed by atoms with Gasteiger partial charge < -0.3 is 20.5 Å². The minimum atomic E-state index is -0.512. The molecule has 3 aromatic rings. The van der Waals surface area contributed by atoms with E-state index in [1.165, 1.54) is 24.0 Å². The van der Waals surface area contributed by atoms with Gasteiger partial charge in [0.15, 0.2) is 11.6 Å². The number of benzene rings is 1. The number of ether oxygens (including phenoxy) is 1. The fraction of sp³-hybridized carbons (Fsp3) is 0.440. The van der Waals surface area contributed by atoms with E-state index in [1.54, 1.807) is 25.1 Å². The van der Waals surface area contributed by atoms with Crippen molar-refractivity contribution in [3.8, 4) is 17.1 Å². The maximum atomic E-state index is 13.6. The number of rotatable bonds is 9. The second-order valence-corrected chi connectivity index (χ2v) is 9.16. The van der Waals surface area contributed by atoms with Gasteiger partial charge in [0.25, 0.3) is 5.91 Å². The third-order valence-electron chi connectivity index (χ3n) is 6.28. The Balaban J connectivity index is 1.40. The van der Waals surface area contributed by atoms with E-state index in [1.807, 2.05) is 0 Å². The number of aliphatic hydroxyl groups excluding tert-OH is 1. The summed E-state index contributed by atoms with van der Waals surface area (Å²) in [4.78, 5) is 30.2. The number of methoxy groups -OCH3 is 1. The summed E-state index contributed by atoms with van der Waals surface area (Å²) in [5.41, 5.74) is 2.13. The van der Waals surface area contributed by atoms with Crippen LogP contribution in [0.5, 0.6) is 5.75 Å². The van der Waals surface area contributed by atoms with Gasteiger partial charge in [-0.05, 0) is 67.1 Å². The number of aromatic nitrogens is 5. The first-order valence-corrected chi connectivity index (χ1v) is 12.1. The summed E-state index contributed by atoms with van der Waals surface area (Å²) in [6.45, 7) is 1.99. The molecule has 1 aliphatic carbocycles. The molecule has 1 aromatic carbocycles. The molecule has 1 aliphatic rings. The Morgan fingerprint density at radius 2 is 2.08 bits per heavy atom. The molecule has 0 saturated heterocycles. The monoisotopic (exact) mass is 511 g/mol. The first-order chi connectivity index (χ1) is 17.8. The molecule has 1 saturated carbocycles. The first kappa shape index (κ1) is 26.1. The lowest BCUT2D eigenvalue weighted by Crippen LogP contribution is -2.40. The molecule has 2 amide bonds. The van der Waals surface area contributed by atoms with Gasteiger partial charge in [-0.15, -0.1) is 10.2 Å². The first-order valence-electron chi connectivity index (χ1n) is 12.1. The van der Waals surface area contributed by atoms with Gasteiger partial charge >= 0.3 is 0 Å². The maximum Gasteiger partial charge on any atom is 0.270 e. The lowest BCUT2D eigenvalue weighted by Gasteiger charge is -2.29. The fourth-order valence-corrected chi connectivity index (χ4v) is 4.53. The average molecular weight is 512 g/mol. The molecule has 3 N–H and O–H groups in total. The molecule has 11 nitrogen and oxygen atoms in total. The molecule has 0 bridgehead atoms. The topological polar surface area (TPSA) is 144 Å². The van der Waals surface area contributed by atoms with Crippen LogP contribution in [0.1, 0.15) is 47.4 Å². The van der Waals surface area contributed by atoms with Crippen LogP contribution >= 0.6 is 0 Å². The SMILES string of the molecule is COc1cc(CNC(=O)c2cc(-c3nnn(C[C@H]4CCC[C@@H](NC(=O)CO)C4)n3)cc(C)n2)ccc1F. The maximum absolute atomic E-state index is 13.6. The molecule has 0 unspecified atom stereocenters. The van der Waals surface area contributed by atoms with E-state index in [9.17, 15) is 14.0 Å². The number of carbonyl (C=O) groups excluding carboxylic acids is 2. The standard InChI is InChI=1S/C25H30FN7O4/c1-15-8-18(11-21(28-15)25(36)27-12-16-6-7-20(26)22(10-16)37-2)24-30-32-33(31-24)13-17-4-3-5-19(9-17)29-23(35)14-34/h6-8,10-11,17,19,34H,3-5,9,12-14H2,1-2H3,(H,27,36)(H,29,35)/t17-,19+/m0/s1. The zero-order valence-electron chi connectivity index (χ0n) is 20.8. The van der Waals surface area contributed by atoms with Crippen molar-refractivity contribution in [1.29, 1.82) is 0 Å². The molecule has 2 atom stereocenters. The third-order valence-corrected chi connectivity index (χ3v) is 6.28. The minimum Gasteiger partial charge on any atom is -0.494 e. The van der Waals surface area contributed by atoms with Crippen molar-refractivity contribution in [1.82, 2.24) is 35.8 Å². The van der Waals surface area contributed by atoms with Crippen LogP contribution in [0.3, 0.4) is 0 Å². The van der Waals surface area contributed by atoms with E-state index in [4.69, 9.17) is 9.84 Å². The predicted octanol–water partition coefficient (Wildman–Crippen LogP) is 1.79. The number of aryl methyl sites for hydroxylation is 1. The summed E-state index contributed by atoms with van der Waals surface area (Å²) in [5, 5.41) is 27.4. The van der Waals surface area contributed by atoms with E-state index in [0.717, 1.165) is 25.7 Å². The highest BCUT2D eigenvalue weighted by Crippen LogP contribution is 2.26. The number of tetrazole rings is 1. The molecule has 4 rings (SSSR count). The van der Waals surface area contributed by atoms with Gasteiger partial charge in [-0.1, -0.05) is 12.5 Å². The largest absolute Gasteiger partial charge is 0.494 e. The van der Waals surface area contributed by atoms with Crippen LogP contribution in [-0.2, 0) is 17.9 Å². The predicted molar refractivity (Wildman–Crippen MR) is 131 cm³/mol. The molecule has 37 heavy (non-hydrogen) atoms. The van der Waals surface area contributed by atoms with Crippen LogP contribution in [-0.4, -0.2) is 61.9 Å². The summed E-state index contributed by atoms with van der Waals surface area (Å²) in [6.07, 6.45) is 3.62. The summed E-state index contributed by atoms with van der Waals surface area (Å²) < 4.78 is 18.6. The Morgan fingerprint density at radius 3 is 2.86 bits per heavy atom. The minimum absolute atomic E-state index is 0.0290. The van der Waals surface area contributed by atoms with Crippen molar-refractivity contribution in [2.24, 2.45) is 5.92 Å². The Kier molecular flexibility index (Phi) is 8.39. The average Bonchev–Trinajstić information content (AvgIpc) is 3.36. The van der Waals surface area contributed by atoms with Gasteiger partial charge in [0.05, 0.1) is 13.7 Å². The van der Waals surface area contributed by atoms with Gasteiger partial charge in [0.2, 0.25) is 11.7 Å². The zero-order valence-corrected chi connectivity index (χ0v) is 20.8. The van der Waals surface area contributed by atoms with E-state index in [2.05, 4.69) is 31.0 Å². The van der Waals surface area contributed by atoms with Gasteiger partial charge in [-0.25, -0.2) is 9.37 Å². The van der Waals surface area contributed by atoms with Gasteiger partial charge in [0.1, 0.15) is 12.3 Å². The molecule has 0 radical (unpaired) electrons. The fourth-order valence-electron chi connectivity index (χ4n) is 4.53. The molecule has 2 aromatic heterocycles. The quantitative estimate of drug-likeness (QED) is 0.394. The van der Waals surface area contributed by atoms with Crippen LogP contribution < -0.4 is 15.4 Å². The third kappa shape index (κ3) is 6.85. The smallest absolute Gasteiger partial charge is 0.270 e. The molecular weight excluding hydrogens is 481 g/mol. The zero-order chi connectivity index (χ0) is 26.4. The summed E-state index contributed by atoms with van der Waals surface area (Å²) >= 11 is 0. The second kappa shape index (κ2) is 11.9. The highest BCUT2D eigenvalue weighted by atomic mass is 19.1. The molecule has 0 aliphatic heterocycles. The number of hydrogen-bond donors (Lipinski definition) is 3. The van der Waals surface area contributed by atoms with Gasteiger partial charge in [-0.2, -0.15) is 4.80 Å². The van der Waals surface area contributed by atoms with Crippen LogP contribution in [0.4, 0.5) is 4.39 Å². The Bertz CT molecular complexity index is 1270. The second-order valence-electron chi connectivity index (χ2n) is 9.16. The van der Waals surface area contributed by atoms with Crippen molar-refractivity contribution < 1.29 is 23.8 Å². The van der Waals surface area contributed by atoms with E-state index in [-0.39, 0.29) is 41.8 Å². The summed E-state index contributed by atoms with van der Waals surface area (Å²) in [7, 11) is 1.38. The number of pyridine rings is 1. The number of nitrogens with one attached hydrogen (secondary N) is 2. The van der Waals surface area contributed by atoms with Crippen LogP contribution in [0.25, 0.3) is 11.4 Å².